The molecule has 2 aliphatic rings. The Balaban J connectivity index is 1.56. The van der Waals surface area contributed by atoms with Crippen LogP contribution in [0.4, 0.5) is 0 Å². The monoisotopic (exact) mass is 584 g/mol. The molecule has 0 unspecified atom stereocenters. The SMILES string of the molecule is CSCC[C@H](NC(=O)c1ccc(CN2C[C@@H](SC)C[C@@H]2COC2CCCCC2)cc1-c1ccccc1C)C(=O)O. The summed E-state index contributed by atoms with van der Waals surface area (Å²) in [6.07, 6.45) is 12.3. The van der Waals surface area contributed by atoms with Gasteiger partial charge in [0, 0.05) is 29.9 Å². The molecule has 218 valence electrons. The van der Waals surface area contributed by atoms with Crippen LogP contribution in [-0.4, -0.2) is 76.7 Å². The molecule has 2 aromatic carbocycles. The van der Waals surface area contributed by atoms with Crippen molar-refractivity contribution < 1.29 is 19.4 Å². The van der Waals surface area contributed by atoms with Crippen LogP contribution in [0.25, 0.3) is 11.1 Å². The molecule has 1 saturated heterocycles. The molecule has 0 spiro atoms. The van der Waals surface area contributed by atoms with Crippen molar-refractivity contribution in [2.24, 2.45) is 0 Å². The van der Waals surface area contributed by atoms with Crippen molar-refractivity contribution in [3.63, 3.8) is 0 Å². The number of thioether (sulfide) groups is 2. The summed E-state index contributed by atoms with van der Waals surface area (Å²) >= 11 is 3.51. The van der Waals surface area contributed by atoms with Crippen LogP contribution in [0.3, 0.4) is 0 Å². The molecule has 2 aromatic rings. The van der Waals surface area contributed by atoms with Crippen molar-refractivity contribution in [2.75, 3.05) is 31.4 Å². The number of carboxylic acids is 1. The van der Waals surface area contributed by atoms with Crippen molar-refractivity contribution in [3.05, 3.63) is 59.2 Å². The van der Waals surface area contributed by atoms with Gasteiger partial charge < -0.3 is 15.2 Å². The number of rotatable bonds is 13. The number of hydrogen-bond acceptors (Lipinski definition) is 6. The van der Waals surface area contributed by atoms with Gasteiger partial charge in [-0.1, -0.05) is 49.6 Å². The molecule has 0 bridgehead atoms. The van der Waals surface area contributed by atoms with Gasteiger partial charge in [0.2, 0.25) is 0 Å². The molecule has 4 rings (SSSR count). The molecular formula is C32H44N2O4S2. The number of ether oxygens (including phenoxy) is 1. The Bertz CT molecular complexity index is 1140. The summed E-state index contributed by atoms with van der Waals surface area (Å²) in [5, 5.41) is 13.1. The van der Waals surface area contributed by atoms with E-state index in [4.69, 9.17) is 4.74 Å². The number of carboxylic acid groups (broad SMARTS) is 1. The molecule has 1 heterocycles. The van der Waals surface area contributed by atoms with Gasteiger partial charge in [0.25, 0.3) is 5.91 Å². The average molecular weight is 585 g/mol. The largest absolute Gasteiger partial charge is 0.480 e. The molecule has 3 atom stereocenters. The summed E-state index contributed by atoms with van der Waals surface area (Å²) in [7, 11) is 0. The molecule has 6 nitrogen and oxygen atoms in total. The van der Waals surface area contributed by atoms with Crippen LogP contribution < -0.4 is 5.32 Å². The molecule has 1 aliphatic heterocycles. The van der Waals surface area contributed by atoms with E-state index in [1.807, 2.05) is 61.3 Å². The molecule has 1 saturated carbocycles. The zero-order valence-electron chi connectivity index (χ0n) is 24.1. The summed E-state index contributed by atoms with van der Waals surface area (Å²) in [5.41, 5.74) is 4.57. The molecule has 8 heteroatoms. The first-order valence-electron chi connectivity index (χ1n) is 14.5. The fourth-order valence-electron chi connectivity index (χ4n) is 5.90. The molecular weight excluding hydrogens is 540 g/mol. The summed E-state index contributed by atoms with van der Waals surface area (Å²) in [5.74, 6) is -0.685. The molecule has 0 aromatic heterocycles. The number of nitrogens with one attached hydrogen (secondary N) is 1. The van der Waals surface area contributed by atoms with Gasteiger partial charge in [-0.05, 0) is 85.3 Å². The summed E-state index contributed by atoms with van der Waals surface area (Å²) in [6, 6.07) is 13.6. The topological polar surface area (TPSA) is 78.9 Å². The average Bonchev–Trinajstić information content (AvgIpc) is 3.36. The fraction of sp³-hybridized carbons (Fsp3) is 0.562. The summed E-state index contributed by atoms with van der Waals surface area (Å²) in [4.78, 5) is 27.8. The molecule has 1 aliphatic carbocycles. The number of carbonyl (C=O) groups excluding carboxylic acids is 1. The number of aliphatic carboxylic acids is 1. The highest BCUT2D eigenvalue weighted by Crippen LogP contribution is 2.32. The number of likely N-dealkylation sites (tertiary alicyclic amines) is 1. The lowest BCUT2D eigenvalue weighted by Gasteiger charge is -2.28. The van der Waals surface area contributed by atoms with E-state index < -0.39 is 12.0 Å². The summed E-state index contributed by atoms with van der Waals surface area (Å²) in [6.45, 7) is 4.64. The van der Waals surface area contributed by atoms with E-state index in [2.05, 4.69) is 22.5 Å². The van der Waals surface area contributed by atoms with E-state index in [9.17, 15) is 14.7 Å². The lowest BCUT2D eigenvalue weighted by atomic mass is 9.93. The Morgan fingerprint density at radius 2 is 1.88 bits per heavy atom. The standard InChI is InChI=1S/C32H44N2O4S2/c1-22-9-7-8-12-27(22)29-17-23(13-14-28(29)31(35)33-30(32(36)37)15-16-39-2)19-34-20-26(40-3)18-24(34)21-38-25-10-5-4-6-11-25/h7-9,12-14,17,24-26,30H,4-6,10-11,15-16,18-21H2,1-3H3,(H,33,35)(H,36,37)/t24-,26+,30+/m1/s1. The van der Waals surface area contributed by atoms with Crippen LogP contribution >= 0.6 is 23.5 Å². The van der Waals surface area contributed by atoms with Gasteiger partial charge >= 0.3 is 5.97 Å². The Morgan fingerprint density at radius 3 is 2.58 bits per heavy atom. The number of aryl methyl sites for hydroxylation is 1. The van der Waals surface area contributed by atoms with Crippen LogP contribution in [-0.2, 0) is 16.1 Å². The minimum Gasteiger partial charge on any atom is -0.480 e. The van der Waals surface area contributed by atoms with Crippen LogP contribution in [0.1, 0.15) is 66.4 Å². The van der Waals surface area contributed by atoms with Crippen LogP contribution in [0.15, 0.2) is 42.5 Å². The Labute approximate surface area is 248 Å². The smallest absolute Gasteiger partial charge is 0.326 e. The number of amides is 1. The van der Waals surface area contributed by atoms with Gasteiger partial charge in [-0.25, -0.2) is 4.79 Å². The van der Waals surface area contributed by atoms with Crippen LogP contribution in [0, 0.1) is 6.92 Å². The van der Waals surface area contributed by atoms with E-state index in [1.54, 1.807) is 11.8 Å². The van der Waals surface area contributed by atoms with Gasteiger partial charge in [-0.15, -0.1) is 0 Å². The highest BCUT2D eigenvalue weighted by Gasteiger charge is 2.33. The zero-order valence-corrected chi connectivity index (χ0v) is 25.7. The maximum Gasteiger partial charge on any atom is 0.326 e. The van der Waals surface area contributed by atoms with Crippen molar-refractivity contribution >= 4 is 35.4 Å². The minimum absolute atomic E-state index is 0.347. The maximum absolute atomic E-state index is 13.4. The van der Waals surface area contributed by atoms with Crippen molar-refractivity contribution in [1.82, 2.24) is 10.2 Å². The van der Waals surface area contributed by atoms with E-state index >= 15 is 0 Å². The number of benzene rings is 2. The number of nitrogens with zero attached hydrogens (tertiary/aromatic N) is 1. The van der Waals surface area contributed by atoms with E-state index in [-0.39, 0.29) is 5.91 Å². The third-order valence-corrected chi connectivity index (χ3v) is 9.92. The zero-order chi connectivity index (χ0) is 28.5. The van der Waals surface area contributed by atoms with Crippen molar-refractivity contribution in [2.45, 2.75) is 81.9 Å². The van der Waals surface area contributed by atoms with Crippen molar-refractivity contribution in [1.29, 1.82) is 0 Å². The first-order valence-corrected chi connectivity index (χ1v) is 17.2. The Morgan fingerprint density at radius 1 is 1.10 bits per heavy atom. The lowest BCUT2D eigenvalue weighted by molar-refractivity contribution is -0.139. The second-order valence-corrected chi connectivity index (χ2v) is 13.2. The third kappa shape index (κ3) is 8.28. The first-order chi connectivity index (χ1) is 19.4. The molecule has 40 heavy (non-hydrogen) atoms. The van der Waals surface area contributed by atoms with E-state index in [0.29, 0.717) is 35.1 Å². The van der Waals surface area contributed by atoms with Gasteiger partial charge in [0.15, 0.2) is 0 Å². The van der Waals surface area contributed by atoms with Gasteiger partial charge in [-0.2, -0.15) is 23.5 Å². The summed E-state index contributed by atoms with van der Waals surface area (Å²) < 4.78 is 6.42. The number of hydrogen-bond donors (Lipinski definition) is 2. The first kappa shape index (κ1) is 30.9. The molecule has 0 radical (unpaired) electrons. The predicted octanol–water partition coefficient (Wildman–Crippen LogP) is 6.25. The second-order valence-electron chi connectivity index (χ2n) is 11.1. The van der Waals surface area contributed by atoms with Crippen molar-refractivity contribution in [3.8, 4) is 11.1 Å². The fourth-order valence-corrected chi connectivity index (χ4v) is 7.13. The Kier molecular flexibility index (Phi) is 11.8. The highest BCUT2D eigenvalue weighted by atomic mass is 32.2. The second kappa shape index (κ2) is 15.3. The molecule has 2 fully saturated rings. The van der Waals surface area contributed by atoms with Gasteiger partial charge in [0.1, 0.15) is 6.04 Å². The van der Waals surface area contributed by atoms with Crippen LogP contribution in [0.5, 0.6) is 0 Å². The predicted molar refractivity (Wildman–Crippen MR) is 167 cm³/mol. The quantitative estimate of drug-likeness (QED) is 0.288. The number of carbonyl (C=O) groups is 2. The minimum atomic E-state index is -1.00. The maximum atomic E-state index is 13.4. The lowest BCUT2D eigenvalue weighted by Crippen LogP contribution is -2.41. The highest BCUT2D eigenvalue weighted by molar-refractivity contribution is 7.99. The van der Waals surface area contributed by atoms with Crippen LogP contribution in [0.2, 0.25) is 0 Å². The molecule has 2 N–H and O–H groups in total. The molecule has 1 amide bonds. The van der Waals surface area contributed by atoms with Gasteiger partial charge in [0.05, 0.1) is 12.7 Å². The Hall–Kier alpha value is -2.00. The van der Waals surface area contributed by atoms with Gasteiger partial charge in [-0.3, -0.25) is 9.69 Å². The normalized spacial score (nSPS) is 20.9. The van der Waals surface area contributed by atoms with E-state index in [0.717, 1.165) is 48.4 Å². The third-order valence-electron chi connectivity index (χ3n) is 8.26. The van der Waals surface area contributed by atoms with E-state index in [1.165, 1.54) is 32.1 Å².